The predicted octanol–water partition coefficient (Wildman–Crippen LogP) is 3.49. The molecule has 0 unspecified atom stereocenters. The van der Waals surface area contributed by atoms with Gasteiger partial charge >= 0.3 is 5.97 Å². The number of ether oxygens (including phenoxy) is 1. The Morgan fingerprint density at radius 2 is 2.00 bits per heavy atom. The summed E-state index contributed by atoms with van der Waals surface area (Å²) in [4.78, 5) is 25.0. The maximum atomic E-state index is 12.6. The first-order valence-electron chi connectivity index (χ1n) is 7.71. The highest BCUT2D eigenvalue weighted by molar-refractivity contribution is 6.42. The highest BCUT2D eigenvalue weighted by Crippen LogP contribution is 2.26. The third-order valence-electron chi connectivity index (χ3n) is 3.87. The lowest BCUT2D eigenvalue weighted by molar-refractivity contribution is -0.138. The molecule has 0 bridgehead atoms. The number of rotatable bonds is 6. The van der Waals surface area contributed by atoms with Crippen molar-refractivity contribution in [2.45, 2.75) is 25.3 Å². The largest absolute Gasteiger partial charge is 0.481 e. The van der Waals surface area contributed by atoms with Gasteiger partial charge in [-0.15, -0.1) is 0 Å². The van der Waals surface area contributed by atoms with Crippen molar-refractivity contribution >= 4 is 41.2 Å². The summed E-state index contributed by atoms with van der Waals surface area (Å²) in [5, 5.41) is 9.70. The van der Waals surface area contributed by atoms with Crippen LogP contribution in [0.1, 0.15) is 24.8 Å². The lowest BCUT2D eigenvalue weighted by Crippen LogP contribution is -2.43. The first-order chi connectivity index (χ1) is 11.5. The van der Waals surface area contributed by atoms with E-state index < -0.39 is 5.97 Å². The number of carboxylic acids is 1. The molecular weight excluding hydrogens is 353 g/mol. The van der Waals surface area contributed by atoms with Crippen LogP contribution < -0.4 is 0 Å². The van der Waals surface area contributed by atoms with E-state index in [9.17, 15) is 9.59 Å². The number of carboxylic acid groups (broad SMARTS) is 1. The second-order valence-corrected chi connectivity index (χ2v) is 6.28. The Kier molecular flexibility index (Phi) is 7.09. The standard InChI is InChI=1S/C17H19Cl2NO4/c18-14-3-1-2-12(17(14)19)4-5-15(21)20(9-6-16(22)23)13-7-10-24-11-8-13/h1-5,13H,6-11H2,(H,22,23). The van der Waals surface area contributed by atoms with Crippen molar-refractivity contribution < 1.29 is 19.4 Å². The quantitative estimate of drug-likeness (QED) is 0.777. The molecule has 1 aromatic rings. The molecule has 1 saturated heterocycles. The van der Waals surface area contributed by atoms with Gasteiger partial charge in [-0.3, -0.25) is 9.59 Å². The number of nitrogens with zero attached hydrogens (tertiary/aromatic N) is 1. The highest BCUT2D eigenvalue weighted by Gasteiger charge is 2.24. The minimum Gasteiger partial charge on any atom is -0.481 e. The van der Waals surface area contributed by atoms with Crippen molar-refractivity contribution in [3.8, 4) is 0 Å². The smallest absolute Gasteiger partial charge is 0.305 e. The molecule has 1 aliphatic rings. The summed E-state index contributed by atoms with van der Waals surface area (Å²) < 4.78 is 5.31. The first-order valence-corrected chi connectivity index (χ1v) is 8.47. The fraction of sp³-hybridized carbons (Fsp3) is 0.412. The van der Waals surface area contributed by atoms with Crippen molar-refractivity contribution in [3.63, 3.8) is 0 Å². The lowest BCUT2D eigenvalue weighted by atomic mass is 10.1. The lowest BCUT2D eigenvalue weighted by Gasteiger charge is -2.33. The van der Waals surface area contributed by atoms with Gasteiger partial charge in [0.2, 0.25) is 5.91 Å². The zero-order chi connectivity index (χ0) is 17.5. The van der Waals surface area contributed by atoms with Gasteiger partial charge in [0, 0.05) is 31.9 Å². The van der Waals surface area contributed by atoms with E-state index in [0.717, 1.165) is 0 Å². The van der Waals surface area contributed by atoms with Crippen molar-refractivity contribution in [2.24, 2.45) is 0 Å². The van der Waals surface area contributed by atoms with E-state index in [4.69, 9.17) is 33.0 Å². The molecule has 0 spiro atoms. The summed E-state index contributed by atoms with van der Waals surface area (Å²) in [7, 11) is 0. The van der Waals surface area contributed by atoms with Gasteiger partial charge in [-0.25, -0.2) is 0 Å². The van der Waals surface area contributed by atoms with Crippen LogP contribution in [0.25, 0.3) is 6.08 Å². The van der Waals surface area contributed by atoms with Crippen LogP contribution in [0.2, 0.25) is 10.0 Å². The summed E-state index contributed by atoms with van der Waals surface area (Å²) >= 11 is 12.1. The second kappa shape index (κ2) is 9.06. The molecule has 5 nitrogen and oxygen atoms in total. The molecule has 7 heteroatoms. The van der Waals surface area contributed by atoms with E-state index in [1.165, 1.54) is 6.08 Å². The van der Waals surface area contributed by atoms with Gasteiger partial charge in [0.05, 0.1) is 16.5 Å². The molecule has 130 valence electrons. The normalized spacial score (nSPS) is 15.6. The van der Waals surface area contributed by atoms with Gasteiger partial charge < -0.3 is 14.7 Å². The summed E-state index contributed by atoms with van der Waals surface area (Å²) in [6, 6.07) is 5.17. The number of hydrogen-bond donors (Lipinski definition) is 1. The van der Waals surface area contributed by atoms with Gasteiger partial charge in [0.1, 0.15) is 0 Å². The van der Waals surface area contributed by atoms with Crippen LogP contribution in [0.4, 0.5) is 0 Å². The predicted molar refractivity (Wildman–Crippen MR) is 93.3 cm³/mol. The molecular formula is C17H19Cl2NO4. The molecule has 1 aromatic carbocycles. The molecule has 2 rings (SSSR count). The van der Waals surface area contributed by atoms with Crippen LogP contribution in [0.3, 0.4) is 0 Å². The third kappa shape index (κ3) is 5.23. The summed E-state index contributed by atoms with van der Waals surface area (Å²) in [5.74, 6) is -1.17. The molecule has 0 saturated carbocycles. The molecule has 1 N–H and O–H groups in total. The molecule has 0 aromatic heterocycles. The van der Waals surface area contributed by atoms with E-state index in [0.29, 0.717) is 41.7 Å². The van der Waals surface area contributed by atoms with Crippen molar-refractivity contribution in [2.75, 3.05) is 19.8 Å². The number of hydrogen-bond acceptors (Lipinski definition) is 3. The van der Waals surface area contributed by atoms with E-state index in [1.54, 1.807) is 29.2 Å². The van der Waals surface area contributed by atoms with Crippen molar-refractivity contribution in [3.05, 3.63) is 39.9 Å². The fourth-order valence-corrected chi connectivity index (χ4v) is 2.96. The van der Waals surface area contributed by atoms with E-state index in [2.05, 4.69) is 0 Å². The molecule has 1 amide bonds. The monoisotopic (exact) mass is 371 g/mol. The van der Waals surface area contributed by atoms with Gasteiger partial charge in [-0.2, -0.15) is 0 Å². The summed E-state index contributed by atoms with van der Waals surface area (Å²) in [6.07, 6.45) is 4.33. The van der Waals surface area contributed by atoms with Gasteiger partial charge in [-0.05, 0) is 30.5 Å². The second-order valence-electron chi connectivity index (χ2n) is 5.50. The topological polar surface area (TPSA) is 66.8 Å². The van der Waals surface area contributed by atoms with E-state index in [-0.39, 0.29) is 24.9 Å². The zero-order valence-electron chi connectivity index (χ0n) is 13.1. The van der Waals surface area contributed by atoms with E-state index >= 15 is 0 Å². The highest BCUT2D eigenvalue weighted by atomic mass is 35.5. The van der Waals surface area contributed by atoms with Crippen molar-refractivity contribution in [1.29, 1.82) is 0 Å². The molecule has 1 heterocycles. The third-order valence-corrected chi connectivity index (χ3v) is 4.70. The number of aliphatic carboxylic acids is 1. The maximum Gasteiger partial charge on any atom is 0.305 e. The van der Waals surface area contributed by atoms with Gasteiger partial charge in [-0.1, -0.05) is 35.3 Å². The van der Waals surface area contributed by atoms with Crippen LogP contribution in [0, 0.1) is 0 Å². The minimum atomic E-state index is -0.929. The Morgan fingerprint density at radius 1 is 1.29 bits per heavy atom. The van der Waals surface area contributed by atoms with Gasteiger partial charge in [0.15, 0.2) is 0 Å². The summed E-state index contributed by atoms with van der Waals surface area (Å²) in [5.41, 5.74) is 0.641. The van der Waals surface area contributed by atoms with Crippen LogP contribution in [0.15, 0.2) is 24.3 Å². The fourth-order valence-electron chi connectivity index (χ4n) is 2.59. The van der Waals surface area contributed by atoms with Crippen LogP contribution in [-0.2, 0) is 14.3 Å². The average Bonchev–Trinajstić information content (AvgIpc) is 2.57. The minimum absolute atomic E-state index is 0.00918. The Morgan fingerprint density at radius 3 is 2.67 bits per heavy atom. The van der Waals surface area contributed by atoms with Crippen LogP contribution >= 0.6 is 23.2 Å². The Labute approximate surface area is 150 Å². The zero-order valence-corrected chi connectivity index (χ0v) is 14.6. The average molecular weight is 372 g/mol. The Balaban J connectivity index is 2.12. The Hall–Kier alpha value is -1.56. The molecule has 1 aliphatic heterocycles. The first kappa shape index (κ1) is 18.8. The number of amides is 1. The SMILES string of the molecule is O=C(O)CCN(C(=O)C=Cc1cccc(Cl)c1Cl)C1CCOCC1. The summed E-state index contributed by atoms with van der Waals surface area (Å²) in [6.45, 7) is 1.32. The van der Waals surface area contributed by atoms with Crippen molar-refractivity contribution in [1.82, 2.24) is 4.90 Å². The molecule has 0 aliphatic carbocycles. The maximum absolute atomic E-state index is 12.6. The Bertz CT molecular complexity index is 627. The molecule has 0 atom stereocenters. The number of benzene rings is 1. The van der Waals surface area contributed by atoms with Crippen LogP contribution in [-0.4, -0.2) is 47.7 Å². The molecule has 0 radical (unpaired) electrons. The van der Waals surface area contributed by atoms with E-state index in [1.807, 2.05) is 0 Å². The molecule has 1 fully saturated rings. The van der Waals surface area contributed by atoms with Gasteiger partial charge in [0.25, 0.3) is 0 Å². The number of carbonyl (C=O) groups is 2. The number of carbonyl (C=O) groups excluding carboxylic acids is 1. The number of halogens is 2. The van der Waals surface area contributed by atoms with Crippen LogP contribution in [0.5, 0.6) is 0 Å². The molecule has 24 heavy (non-hydrogen) atoms.